The molecule has 0 bridgehead atoms. The van der Waals surface area contributed by atoms with Crippen molar-refractivity contribution >= 4 is 23.4 Å². The Bertz CT molecular complexity index is 692. The SMILES string of the molecule is CC(=O)Nc1cnn(C(=O)Oc2ccc([N+](=O)[O-])cc2)c1. The van der Waals surface area contributed by atoms with Crippen LogP contribution in [-0.4, -0.2) is 26.7 Å². The number of amides is 1. The van der Waals surface area contributed by atoms with Gasteiger partial charge in [0.1, 0.15) is 5.75 Å². The average Bonchev–Trinajstić information content (AvgIpc) is 2.87. The Kier molecular flexibility index (Phi) is 3.93. The molecule has 0 aliphatic heterocycles. The molecule has 0 aliphatic rings. The molecule has 0 unspecified atom stereocenters. The van der Waals surface area contributed by atoms with Crippen LogP contribution < -0.4 is 10.1 Å². The summed E-state index contributed by atoms with van der Waals surface area (Å²) >= 11 is 0. The molecule has 0 fully saturated rings. The van der Waals surface area contributed by atoms with Crippen LogP contribution in [0.3, 0.4) is 0 Å². The van der Waals surface area contributed by atoms with E-state index in [2.05, 4.69) is 10.4 Å². The Hall–Kier alpha value is -3.23. The number of non-ortho nitro benzene ring substituents is 1. The van der Waals surface area contributed by atoms with Crippen molar-refractivity contribution in [2.24, 2.45) is 0 Å². The summed E-state index contributed by atoms with van der Waals surface area (Å²) in [6, 6.07) is 5.03. The van der Waals surface area contributed by atoms with E-state index >= 15 is 0 Å². The molecule has 1 amide bonds. The maximum Gasteiger partial charge on any atom is 0.440 e. The Morgan fingerprint density at radius 3 is 2.57 bits per heavy atom. The van der Waals surface area contributed by atoms with Crippen LogP contribution in [0.5, 0.6) is 5.75 Å². The first-order chi connectivity index (χ1) is 9.95. The summed E-state index contributed by atoms with van der Waals surface area (Å²) in [5.41, 5.74) is 0.241. The third-order valence-electron chi connectivity index (χ3n) is 2.34. The van der Waals surface area contributed by atoms with E-state index in [1.807, 2.05) is 0 Å². The van der Waals surface area contributed by atoms with Crippen molar-refractivity contribution in [1.82, 2.24) is 9.78 Å². The van der Waals surface area contributed by atoms with Crippen molar-refractivity contribution in [3.63, 3.8) is 0 Å². The van der Waals surface area contributed by atoms with Gasteiger partial charge in [-0.05, 0) is 12.1 Å². The van der Waals surface area contributed by atoms with Crippen molar-refractivity contribution in [2.75, 3.05) is 5.32 Å². The van der Waals surface area contributed by atoms with Gasteiger partial charge in [0, 0.05) is 19.1 Å². The molecule has 0 aliphatic carbocycles. The second kappa shape index (κ2) is 5.82. The first-order valence-electron chi connectivity index (χ1n) is 5.74. The molecule has 9 nitrogen and oxygen atoms in total. The van der Waals surface area contributed by atoms with Crippen LogP contribution in [0.15, 0.2) is 36.7 Å². The van der Waals surface area contributed by atoms with Crippen molar-refractivity contribution in [2.45, 2.75) is 6.92 Å². The van der Waals surface area contributed by atoms with Gasteiger partial charge < -0.3 is 10.1 Å². The molecule has 2 aromatic rings. The molecule has 0 saturated heterocycles. The fourth-order valence-corrected chi connectivity index (χ4v) is 1.47. The topological polar surface area (TPSA) is 116 Å². The van der Waals surface area contributed by atoms with Crippen molar-refractivity contribution in [3.8, 4) is 5.75 Å². The van der Waals surface area contributed by atoms with Crippen LogP contribution in [0.1, 0.15) is 6.92 Å². The minimum atomic E-state index is -0.805. The van der Waals surface area contributed by atoms with E-state index < -0.39 is 11.0 Å². The van der Waals surface area contributed by atoms with Crippen LogP contribution in [0, 0.1) is 10.1 Å². The number of hydrogen-bond donors (Lipinski definition) is 1. The monoisotopic (exact) mass is 290 g/mol. The number of ether oxygens (including phenoxy) is 1. The fourth-order valence-electron chi connectivity index (χ4n) is 1.47. The number of nitrogens with one attached hydrogen (secondary N) is 1. The summed E-state index contributed by atoms with van der Waals surface area (Å²) in [5.74, 6) is -0.152. The highest BCUT2D eigenvalue weighted by molar-refractivity contribution is 5.88. The maximum atomic E-state index is 11.8. The van der Waals surface area contributed by atoms with Crippen molar-refractivity contribution < 1.29 is 19.2 Å². The zero-order valence-electron chi connectivity index (χ0n) is 10.8. The van der Waals surface area contributed by atoms with Gasteiger partial charge in [0.05, 0.1) is 23.0 Å². The molecule has 0 spiro atoms. The second-order valence-corrected chi connectivity index (χ2v) is 3.97. The molecule has 9 heteroatoms. The molecule has 1 heterocycles. The lowest BCUT2D eigenvalue weighted by atomic mass is 10.3. The minimum Gasteiger partial charge on any atom is -0.409 e. The van der Waals surface area contributed by atoms with E-state index in [1.165, 1.54) is 43.6 Å². The van der Waals surface area contributed by atoms with Crippen LogP contribution in [0.4, 0.5) is 16.2 Å². The molecular formula is C12H10N4O5. The lowest BCUT2D eigenvalue weighted by molar-refractivity contribution is -0.384. The maximum absolute atomic E-state index is 11.8. The van der Waals surface area contributed by atoms with Gasteiger partial charge in [-0.25, -0.2) is 4.79 Å². The minimum absolute atomic E-state index is 0.109. The van der Waals surface area contributed by atoms with E-state index in [1.54, 1.807) is 0 Å². The third-order valence-corrected chi connectivity index (χ3v) is 2.34. The van der Waals surface area contributed by atoms with E-state index in [4.69, 9.17) is 4.74 Å². The Labute approximate surface area is 118 Å². The van der Waals surface area contributed by atoms with Crippen LogP contribution >= 0.6 is 0 Å². The number of rotatable bonds is 3. The number of carbonyl (C=O) groups excluding carboxylic acids is 2. The predicted molar refractivity (Wildman–Crippen MR) is 71.0 cm³/mol. The largest absolute Gasteiger partial charge is 0.440 e. The van der Waals surface area contributed by atoms with E-state index in [0.29, 0.717) is 5.69 Å². The summed E-state index contributed by atoms with van der Waals surface area (Å²) < 4.78 is 5.88. The van der Waals surface area contributed by atoms with Crippen molar-refractivity contribution in [3.05, 3.63) is 46.8 Å². The quantitative estimate of drug-likeness (QED) is 0.680. The van der Waals surface area contributed by atoms with Gasteiger partial charge >= 0.3 is 6.09 Å². The van der Waals surface area contributed by atoms with Gasteiger partial charge in [-0.2, -0.15) is 9.78 Å². The van der Waals surface area contributed by atoms with Gasteiger partial charge in [0.15, 0.2) is 0 Å². The Morgan fingerprint density at radius 2 is 2.00 bits per heavy atom. The lowest BCUT2D eigenvalue weighted by Crippen LogP contribution is -2.17. The number of aromatic nitrogens is 2. The normalized spacial score (nSPS) is 9.95. The molecule has 1 aromatic heterocycles. The van der Waals surface area contributed by atoms with E-state index in [-0.39, 0.29) is 17.3 Å². The summed E-state index contributed by atoms with van der Waals surface area (Å²) in [5, 5.41) is 16.7. The van der Waals surface area contributed by atoms with Crippen molar-refractivity contribution in [1.29, 1.82) is 0 Å². The average molecular weight is 290 g/mol. The van der Waals surface area contributed by atoms with Gasteiger partial charge in [0.25, 0.3) is 5.69 Å². The zero-order valence-corrected chi connectivity index (χ0v) is 10.8. The number of anilines is 1. The molecule has 21 heavy (non-hydrogen) atoms. The highest BCUT2D eigenvalue weighted by Gasteiger charge is 2.11. The smallest absolute Gasteiger partial charge is 0.409 e. The molecular weight excluding hydrogens is 280 g/mol. The lowest BCUT2D eigenvalue weighted by Gasteiger charge is -2.03. The van der Waals surface area contributed by atoms with E-state index in [0.717, 1.165) is 4.68 Å². The molecule has 108 valence electrons. The van der Waals surface area contributed by atoms with Crippen LogP contribution in [-0.2, 0) is 4.79 Å². The number of benzene rings is 1. The fraction of sp³-hybridized carbons (Fsp3) is 0.0833. The van der Waals surface area contributed by atoms with E-state index in [9.17, 15) is 19.7 Å². The summed E-state index contributed by atoms with van der Waals surface area (Å²) in [7, 11) is 0. The first-order valence-corrected chi connectivity index (χ1v) is 5.74. The Balaban J connectivity index is 2.05. The number of hydrogen-bond acceptors (Lipinski definition) is 6. The predicted octanol–water partition coefficient (Wildman–Crippen LogP) is 1.80. The molecule has 1 N–H and O–H groups in total. The zero-order chi connectivity index (χ0) is 15.4. The number of nitrogens with zero attached hydrogens (tertiary/aromatic N) is 3. The third kappa shape index (κ3) is 3.62. The van der Waals surface area contributed by atoms with Gasteiger partial charge in [-0.3, -0.25) is 14.9 Å². The van der Waals surface area contributed by atoms with Crippen LogP contribution in [0.2, 0.25) is 0 Å². The van der Waals surface area contributed by atoms with Gasteiger partial charge in [-0.15, -0.1) is 0 Å². The number of nitro benzene ring substituents is 1. The number of nitro groups is 1. The van der Waals surface area contributed by atoms with Gasteiger partial charge in [-0.1, -0.05) is 0 Å². The highest BCUT2D eigenvalue weighted by atomic mass is 16.6. The summed E-state index contributed by atoms with van der Waals surface area (Å²) in [6.45, 7) is 1.33. The molecule has 0 saturated carbocycles. The molecule has 1 aromatic carbocycles. The summed E-state index contributed by atoms with van der Waals surface area (Å²) in [6.07, 6.45) is 1.77. The van der Waals surface area contributed by atoms with Gasteiger partial charge in [0.2, 0.25) is 5.91 Å². The molecule has 0 radical (unpaired) electrons. The first kappa shape index (κ1) is 14.2. The molecule has 2 rings (SSSR count). The Morgan fingerprint density at radius 1 is 1.33 bits per heavy atom. The summed E-state index contributed by atoms with van der Waals surface area (Å²) in [4.78, 5) is 32.6. The highest BCUT2D eigenvalue weighted by Crippen LogP contribution is 2.18. The number of carbonyl (C=O) groups is 2. The second-order valence-electron chi connectivity index (χ2n) is 3.97. The standard InChI is InChI=1S/C12H10N4O5/c1-8(17)14-9-6-13-15(7-9)12(18)21-11-4-2-10(3-5-11)16(19)20/h2-7H,1H3,(H,14,17). The molecule has 0 atom stereocenters. The van der Waals surface area contributed by atoms with Crippen LogP contribution in [0.25, 0.3) is 0 Å².